The summed E-state index contributed by atoms with van der Waals surface area (Å²) >= 11 is 0. The fraction of sp³-hybridized carbons (Fsp3) is 0.917. The van der Waals surface area contributed by atoms with Crippen molar-refractivity contribution in [2.75, 3.05) is 39.9 Å². The Morgan fingerprint density at radius 2 is 2.06 bits per heavy atom. The molecule has 2 heterocycles. The number of ether oxygens (including phenoxy) is 1. The SMILES string of the molecule is COCCC1CCN(C(=O)C2CNC2)CC1. The van der Waals surface area contributed by atoms with Gasteiger partial charge in [0.15, 0.2) is 0 Å². The molecule has 4 heteroatoms. The van der Waals surface area contributed by atoms with Crippen molar-refractivity contribution in [2.24, 2.45) is 11.8 Å². The number of carbonyl (C=O) groups excluding carboxylic acids is 1. The van der Waals surface area contributed by atoms with Gasteiger partial charge in [0.2, 0.25) is 5.91 Å². The molecule has 0 aromatic heterocycles. The van der Waals surface area contributed by atoms with Crippen LogP contribution in [0, 0.1) is 11.8 Å². The van der Waals surface area contributed by atoms with E-state index in [0.29, 0.717) is 5.91 Å². The van der Waals surface area contributed by atoms with Crippen molar-refractivity contribution in [1.29, 1.82) is 0 Å². The first-order valence-electron chi connectivity index (χ1n) is 6.29. The van der Waals surface area contributed by atoms with Crippen LogP contribution in [-0.4, -0.2) is 50.7 Å². The van der Waals surface area contributed by atoms with Crippen LogP contribution in [0.4, 0.5) is 0 Å². The molecule has 0 spiro atoms. The van der Waals surface area contributed by atoms with Crippen LogP contribution in [0.2, 0.25) is 0 Å². The molecule has 0 atom stereocenters. The molecule has 1 amide bonds. The highest BCUT2D eigenvalue weighted by atomic mass is 16.5. The highest BCUT2D eigenvalue weighted by Gasteiger charge is 2.31. The number of methoxy groups -OCH3 is 1. The Bertz CT molecular complexity index is 233. The molecule has 2 fully saturated rings. The Labute approximate surface area is 97.3 Å². The van der Waals surface area contributed by atoms with Crippen LogP contribution in [0.15, 0.2) is 0 Å². The summed E-state index contributed by atoms with van der Waals surface area (Å²) in [5, 5.41) is 3.15. The molecular formula is C12H22N2O2. The second-order valence-corrected chi connectivity index (χ2v) is 4.91. The van der Waals surface area contributed by atoms with Crippen molar-refractivity contribution < 1.29 is 9.53 Å². The molecule has 2 rings (SSSR count). The fourth-order valence-corrected chi connectivity index (χ4v) is 2.45. The van der Waals surface area contributed by atoms with Crippen LogP contribution in [0.3, 0.4) is 0 Å². The van der Waals surface area contributed by atoms with Crippen LogP contribution in [0.1, 0.15) is 19.3 Å². The van der Waals surface area contributed by atoms with E-state index in [1.54, 1.807) is 7.11 Å². The summed E-state index contributed by atoms with van der Waals surface area (Å²) in [5.41, 5.74) is 0. The van der Waals surface area contributed by atoms with Crippen LogP contribution in [-0.2, 0) is 9.53 Å². The number of nitrogens with one attached hydrogen (secondary N) is 1. The van der Waals surface area contributed by atoms with Gasteiger partial charge in [0.05, 0.1) is 5.92 Å². The van der Waals surface area contributed by atoms with Crippen LogP contribution in [0.5, 0.6) is 0 Å². The fourth-order valence-electron chi connectivity index (χ4n) is 2.45. The number of piperidine rings is 1. The van der Waals surface area contributed by atoms with Crippen LogP contribution < -0.4 is 5.32 Å². The first kappa shape index (κ1) is 11.9. The maximum absolute atomic E-state index is 12.0. The number of carbonyl (C=O) groups is 1. The molecule has 0 radical (unpaired) electrons. The van der Waals surface area contributed by atoms with Crippen molar-refractivity contribution in [3.63, 3.8) is 0 Å². The Morgan fingerprint density at radius 3 is 2.56 bits per heavy atom. The molecule has 16 heavy (non-hydrogen) atoms. The van der Waals surface area contributed by atoms with Gasteiger partial charge < -0.3 is 15.0 Å². The average Bonchev–Trinajstić information content (AvgIpc) is 2.24. The molecule has 2 aliphatic heterocycles. The number of hydrogen-bond acceptors (Lipinski definition) is 3. The van der Waals surface area contributed by atoms with E-state index in [1.807, 2.05) is 0 Å². The molecule has 0 aliphatic carbocycles. The quantitative estimate of drug-likeness (QED) is 0.758. The number of amides is 1. The molecule has 0 saturated carbocycles. The second kappa shape index (κ2) is 5.64. The Kier molecular flexibility index (Phi) is 4.18. The third kappa shape index (κ3) is 2.74. The van der Waals surface area contributed by atoms with Crippen LogP contribution >= 0.6 is 0 Å². The lowest BCUT2D eigenvalue weighted by molar-refractivity contribution is -0.138. The molecule has 0 aromatic carbocycles. The van der Waals surface area contributed by atoms with Gasteiger partial charge in [-0.1, -0.05) is 0 Å². The Morgan fingerprint density at radius 1 is 1.38 bits per heavy atom. The zero-order valence-electron chi connectivity index (χ0n) is 10.1. The van der Waals surface area contributed by atoms with E-state index in [0.717, 1.165) is 58.0 Å². The van der Waals surface area contributed by atoms with E-state index in [4.69, 9.17) is 4.74 Å². The Hall–Kier alpha value is -0.610. The molecule has 92 valence electrons. The number of nitrogens with zero attached hydrogens (tertiary/aromatic N) is 1. The minimum Gasteiger partial charge on any atom is -0.385 e. The zero-order chi connectivity index (χ0) is 11.4. The van der Waals surface area contributed by atoms with E-state index in [-0.39, 0.29) is 5.92 Å². The lowest BCUT2D eigenvalue weighted by Gasteiger charge is -2.36. The monoisotopic (exact) mass is 226 g/mol. The smallest absolute Gasteiger partial charge is 0.228 e. The minimum atomic E-state index is 0.260. The topological polar surface area (TPSA) is 41.6 Å². The highest BCUT2D eigenvalue weighted by Crippen LogP contribution is 2.22. The van der Waals surface area contributed by atoms with Crippen molar-refractivity contribution in [3.05, 3.63) is 0 Å². The summed E-state index contributed by atoms with van der Waals surface area (Å²) < 4.78 is 5.09. The zero-order valence-corrected chi connectivity index (χ0v) is 10.1. The van der Waals surface area contributed by atoms with Gasteiger partial charge in [-0.05, 0) is 25.2 Å². The molecule has 0 aromatic rings. The van der Waals surface area contributed by atoms with Gasteiger partial charge in [0.25, 0.3) is 0 Å². The predicted octanol–water partition coefficient (Wildman–Crippen LogP) is 0.481. The molecule has 2 aliphatic rings. The lowest BCUT2D eigenvalue weighted by Crippen LogP contribution is -2.53. The van der Waals surface area contributed by atoms with E-state index in [1.165, 1.54) is 0 Å². The maximum atomic E-state index is 12.0. The van der Waals surface area contributed by atoms with Gasteiger partial charge in [-0.2, -0.15) is 0 Å². The second-order valence-electron chi connectivity index (χ2n) is 4.91. The number of hydrogen-bond donors (Lipinski definition) is 1. The normalized spacial score (nSPS) is 23.2. The first-order chi connectivity index (χ1) is 7.81. The van der Waals surface area contributed by atoms with E-state index < -0.39 is 0 Å². The number of likely N-dealkylation sites (tertiary alicyclic amines) is 1. The van der Waals surface area contributed by atoms with E-state index in [2.05, 4.69) is 10.2 Å². The highest BCUT2D eigenvalue weighted by molar-refractivity contribution is 5.80. The van der Waals surface area contributed by atoms with Gasteiger partial charge in [0.1, 0.15) is 0 Å². The largest absolute Gasteiger partial charge is 0.385 e. The third-order valence-electron chi connectivity index (χ3n) is 3.79. The van der Waals surface area contributed by atoms with Gasteiger partial charge >= 0.3 is 0 Å². The van der Waals surface area contributed by atoms with Gasteiger partial charge in [-0.25, -0.2) is 0 Å². The predicted molar refractivity (Wildman–Crippen MR) is 62.2 cm³/mol. The van der Waals surface area contributed by atoms with Crippen molar-refractivity contribution in [2.45, 2.75) is 19.3 Å². The lowest BCUT2D eigenvalue weighted by atomic mass is 9.92. The van der Waals surface area contributed by atoms with Crippen molar-refractivity contribution in [3.8, 4) is 0 Å². The summed E-state index contributed by atoms with van der Waals surface area (Å²) in [6, 6.07) is 0. The van der Waals surface area contributed by atoms with Crippen LogP contribution in [0.25, 0.3) is 0 Å². The summed E-state index contributed by atoms with van der Waals surface area (Å²) in [5.74, 6) is 1.38. The standard InChI is InChI=1S/C12H22N2O2/c1-16-7-4-10-2-5-14(6-3-10)12(15)11-8-13-9-11/h10-11,13H,2-9H2,1H3. The first-order valence-corrected chi connectivity index (χ1v) is 6.29. The molecule has 0 unspecified atom stereocenters. The molecule has 2 saturated heterocycles. The molecular weight excluding hydrogens is 204 g/mol. The maximum Gasteiger partial charge on any atom is 0.228 e. The van der Waals surface area contributed by atoms with Gasteiger partial charge in [-0.3, -0.25) is 4.79 Å². The summed E-state index contributed by atoms with van der Waals surface area (Å²) in [7, 11) is 1.75. The average molecular weight is 226 g/mol. The number of rotatable bonds is 4. The molecule has 0 bridgehead atoms. The van der Waals surface area contributed by atoms with Gasteiger partial charge in [0, 0.05) is 39.9 Å². The summed E-state index contributed by atoms with van der Waals surface area (Å²) in [6.45, 7) is 4.50. The summed E-state index contributed by atoms with van der Waals surface area (Å²) in [4.78, 5) is 14.0. The third-order valence-corrected chi connectivity index (χ3v) is 3.79. The van der Waals surface area contributed by atoms with E-state index >= 15 is 0 Å². The Balaban J connectivity index is 1.69. The minimum absolute atomic E-state index is 0.260. The van der Waals surface area contributed by atoms with Gasteiger partial charge in [-0.15, -0.1) is 0 Å². The molecule has 1 N–H and O–H groups in total. The van der Waals surface area contributed by atoms with E-state index in [9.17, 15) is 4.79 Å². The van der Waals surface area contributed by atoms with Crippen molar-refractivity contribution in [1.82, 2.24) is 10.2 Å². The molecule has 4 nitrogen and oxygen atoms in total. The summed E-state index contributed by atoms with van der Waals surface area (Å²) in [6.07, 6.45) is 3.44. The van der Waals surface area contributed by atoms with Crippen molar-refractivity contribution >= 4 is 5.91 Å².